The monoisotopic (exact) mass is 346 g/mol. The van der Waals surface area contributed by atoms with Crippen molar-refractivity contribution in [3.8, 4) is 0 Å². The minimum absolute atomic E-state index is 0.0120. The van der Waals surface area contributed by atoms with E-state index in [0.717, 1.165) is 45.7 Å². The number of nitrogens with zero attached hydrogens (tertiary/aromatic N) is 3. The molecule has 0 saturated carbocycles. The van der Waals surface area contributed by atoms with E-state index in [-0.39, 0.29) is 11.8 Å². The Hall–Kier alpha value is -1.92. The molecule has 25 heavy (non-hydrogen) atoms. The molecule has 0 bridgehead atoms. The van der Waals surface area contributed by atoms with Gasteiger partial charge in [-0.1, -0.05) is 13.0 Å². The van der Waals surface area contributed by atoms with E-state index in [1.165, 1.54) is 0 Å². The first-order valence-corrected chi connectivity index (χ1v) is 9.06. The van der Waals surface area contributed by atoms with E-state index >= 15 is 0 Å². The van der Waals surface area contributed by atoms with Crippen molar-refractivity contribution in [2.45, 2.75) is 13.3 Å². The van der Waals surface area contributed by atoms with Crippen molar-refractivity contribution < 1.29 is 9.59 Å². The Morgan fingerprint density at radius 2 is 1.80 bits per heavy atom. The molecule has 1 aromatic rings. The number of hydrogen-bond donors (Lipinski definition) is 1. The molecule has 1 heterocycles. The van der Waals surface area contributed by atoms with Crippen molar-refractivity contribution in [1.29, 1.82) is 0 Å². The number of benzene rings is 1. The molecule has 0 spiro atoms. The maximum Gasteiger partial charge on any atom is 0.253 e. The zero-order chi connectivity index (χ0) is 18.2. The Bertz CT molecular complexity index is 581. The second kappa shape index (κ2) is 9.53. The van der Waals surface area contributed by atoms with Gasteiger partial charge in [-0.25, -0.2) is 0 Å². The molecular formula is C19H30N4O2. The average Bonchev–Trinajstić information content (AvgIpc) is 2.64. The summed E-state index contributed by atoms with van der Waals surface area (Å²) in [5, 5.41) is 2.92. The predicted octanol–water partition coefficient (Wildman–Crippen LogP) is 1.15. The van der Waals surface area contributed by atoms with Crippen LogP contribution in [0.2, 0.25) is 0 Å². The van der Waals surface area contributed by atoms with Crippen LogP contribution in [-0.2, 0) is 0 Å². The third kappa shape index (κ3) is 5.83. The molecule has 2 rings (SSSR count). The van der Waals surface area contributed by atoms with Crippen molar-refractivity contribution in [2.24, 2.45) is 0 Å². The second-order valence-corrected chi connectivity index (χ2v) is 6.72. The van der Waals surface area contributed by atoms with E-state index in [1.54, 1.807) is 24.3 Å². The molecule has 0 radical (unpaired) electrons. The normalized spacial score (nSPS) is 15.4. The summed E-state index contributed by atoms with van der Waals surface area (Å²) in [6.07, 6.45) is 0.902. The summed E-state index contributed by atoms with van der Waals surface area (Å²) in [7, 11) is 4.02. The molecule has 1 saturated heterocycles. The summed E-state index contributed by atoms with van der Waals surface area (Å²) in [4.78, 5) is 31.2. The smallest absolute Gasteiger partial charge is 0.253 e. The summed E-state index contributed by atoms with van der Waals surface area (Å²) in [5.74, 6) is -0.109. The van der Waals surface area contributed by atoms with Crippen LogP contribution in [0, 0.1) is 0 Å². The van der Waals surface area contributed by atoms with E-state index in [4.69, 9.17) is 0 Å². The van der Waals surface area contributed by atoms with Gasteiger partial charge >= 0.3 is 0 Å². The highest BCUT2D eigenvalue weighted by Crippen LogP contribution is 2.11. The van der Waals surface area contributed by atoms with E-state index in [9.17, 15) is 9.59 Å². The van der Waals surface area contributed by atoms with Crippen molar-refractivity contribution in [3.05, 3.63) is 35.4 Å². The fourth-order valence-corrected chi connectivity index (χ4v) is 2.94. The number of hydrogen-bond acceptors (Lipinski definition) is 4. The number of likely N-dealkylation sites (N-methyl/N-ethyl adjacent to an activating group) is 1. The molecule has 1 fully saturated rings. The van der Waals surface area contributed by atoms with Gasteiger partial charge in [-0.15, -0.1) is 0 Å². The van der Waals surface area contributed by atoms with E-state index in [2.05, 4.69) is 22.0 Å². The fourth-order valence-electron chi connectivity index (χ4n) is 2.94. The zero-order valence-electron chi connectivity index (χ0n) is 15.6. The first kappa shape index (κ1) is 19.4. The van der Waals surface area contributed by atoms with E-state index < -0.39 is 0 Å². The third-order valence-electron chi connectivity index (χ3n) is 4.55. The molecule has 1 aliphatic heterocycles. The van der Waals surface area contributed by atoms with Crippen LogP contribution in [0.1, 0.15) is 34.1 Å². The van der Waals surface area contributed by atoms with Crippen LogP contribution in [0.3, 0.4) is 0 Å². The highest BCUT2D eigenvalue weighted by atomic mass is 16.2. The molecule has 2 amide bonds. The van der Waals surface area contributed by atoms with Crippen LogP contribution in [0.25, 0.3) is 0 Å². The lowest BCUT2D eigenvalue weighted by molar-refractivity contribution is 0.0643. The van der Waals surface area contributed by atoms with Gasteiger partial charge in [0, 0.05) is 43.9 Å². The molecule has 1 aliphatic rings. The highest BCUT2D eigenvalue weighted by molar-refractivity contribution is 5.99. The van der Waals surface area contributed by atoms with Gasteiger partial charge in [-0.2, -0.15) is 0 Å². The first-order chi connectivity index (χ1) is 12.0. The van der Waals surface area contributed by atoms with Gasteiger partial charge in [-0.3, -0.25) is 9.59 Å². The van der Waals surface area contributed by atoms with Crippen molar-refractivity contribution in [3.63, 3.8) is 0 Å². The van der Waals surface area contributed by atoms with Crippen LogP contribution in [0.15, 0.2) is 24.3 Å². The second-order valence-electron chi connectivity index (χ2n) is 6.72. The number of nitrogens with one attached hydrogen (secondary N) is 1. The maximum atomic E-state index is 12.7. The summed E-state index contributed by atoms with van der Waals surface area (Å²) in [6, 6.07) is 7.03. The van der Waals surface area contributed by atoms with Crippen molar-refractivity contribution >= 4 is 11.8 Å². The average molecular weight is 346 g/mol. The number of carbonyl (C=O) groups excluding carboxylic acids is 2. The molecule has 0 aliphatic carbocycles. The Kier molecular flexibility index (Phi) is 7.40. The Morgan fingerprint density at radius 1 is 1.12 bits per heavy atom. The summed E-state index contributed by atoms with van der Waals surface area (Å²) < 4.78 is 0. The van der Waals surface area contributed by atoms with E-state index in [0.29, 0.717) is 17.7 Å². The first-order valence-electron chi connectivity index (χ1n) is 9.06. The van der Waals surface area contributed by atoms with Gasteiger partial charge in [0.05, 0.1) is 0 Å². The molecular weight excluding hydrogens is 316 g/mol. The fraction of sp³-hybridized carbons (Fsp3) is 0.579. The molecule has 1 N–H and O–H groups in total. The topological polar surface area (TPSA) is 55.9 Å². The Labute approximate surface area is 150 Å². The van der Waals surface area contributed by atoms with Gasteiger partial charge < -0.3 is 20.0 Å². The minimum atomic E-state index is -0.121. The molecule has 138 valence electrons. The highest BCUT2D eigenvalue weighted by Gasteiger charge is 2.21. The minimum Gasteiger partial charge on any atom is -0.352 e. The maximum absolute atomic E-state index is 12.7. The lowest BCUT2D eigenvalue weighted by Crippen LogP contribution is -2.48. The lowest BCUT2D eigenvalue weighted by Gasteiger charge is -2.34. The van der Waals surface area contributed by atoms with Crippen LogP contribution < -0.4 is 5.32 Å². The van der Waals surface area contributed by atoms with Crippen molar-refractivity contribution in [2.75, 3.05) is 59.9 Å². The van der Waals surface area contributed by atoms with Crippen molar-refractivity contribution in [1.82, 2.24) is 20.0 Å². The summed E-state index contributed by atoms with van der Waals surface area (Å²) in [6.45, 7) is 8.03. The zero-order valence-corrected chi connectivity index (χ0v) is 15.6. The van der Waals surface area contributed by atoms with Crippen LogP contribution in [0.5, 0.6) is 0 Å². The quantitative estimate of drug-likeness (QED) is 0.753. The van der Waals surface area contributed by atoms with Gasteiger partial charge in [-0.05, 0) is 51.8 Å². The Morgan fingerprint density at radius 3 is 2.44 bits per heavy atom. The Balaban J connectivity index is 1.91. The van der Waals surface area contributed by atoms with Crippen LogP contribution in [-0.4, -0.2) is 86.4 Å². The summed E-state index contributed by atoms with van der Waals surface area (Å²) in [5.41, 5.74) is 1.13. The lowest BCUT2D eigenvalue weighted by atomic mass is 10.1. The van der Waals surface area contributed by atoms with Gasteiger partial charge in [0.25, 0.3) is 11.8 Å². The van der Waals surface area contributed by atoms with Gasteiger partial charge in [0.15, 0.2) is 0 Å². The number of rotatable bonds is 7. The third-order valence-corrected chi connectivity index (χ3v) is 4.55. The standard InChI is InChI=1S/C19H30N4O2/c1-4-22-11-13-23(14-12-22)19(25)17-8-5-7-16(15-17)18(24)20-9-6-10-21(2)3/h5,7-8,15H,4,6,9-14H2,1-3H3,(H,20,24). The molecule has 6 heteroatoms. The van der Waals surface area contributed by atoms with Gasteiger partial charge in [0.1, 0.15) is 0 Å². The molecule has 1 aromatic carbocycles. The largest absolute Gasteiger partial charge is 0.352 e. The van der Waals surface area contributed by atoms with Crippen LogP contribution >= 0.6 is 0 Å². The van der Waals surface area contributed by atoms with Crippen LogP contribution in [0.4, 0.5) is 0 Å². The molecule has 0 aromatic heterocycles. The molecule has 6 nitrogen and oxygen atoms in total. The predicted molar refractivity (Wildman–Crippen MR) is 100.0 cm³/mol. The number of carbonyl (C=O) groups is 2. The van der Waals surface area contributed by atoms with Gasteiger partial charge in [0.2, 0.25) is 0 Å². The number of piperazine rings is 1. The molecule has 0 unspecified atom stereocenters. The number of amides is 2. The van der Waals surface area contributed by atoms with E-state index in [1.807, 2.05) is 19.0 Å². The molecule has 0 atom stereocenters. The summed E-state index contributed by atoms with van der Waals surface area (Å²) >= 11 is 0. The SMILES string of the molecule is CCN1CCN(C(=O)c2cccc(C(=O)NCCCN(C)C)c2)CC1.